The highest BCUT2D eigenvalue weighted by Gasteiger charge is 2.30. The van der Waals surface area contributed by atoms with Gasteiger partial charge in [0.05, 0.1) is 18.7 Å². The molecule has 148 valence electrons. The molecule has 2 aromatic rings. The number of nitrogens with one attached hydrogen (secondary N) is 1. The first-order chi connectivity index (χ1) is 13.3. The first kappa shape index (κ1) is 20.9. The Labute approximate surface area is 158 Å². The number of carbonyl (C=O) groups is 1. The van der Waals surface area contributed by atoms with Crippen LogP contribution in [0.5, 0.6) is 5.75 Å². The second-order valence-electron chi connectivity index (χ2n) is 5.37. The molecule has 1 aromatic heterocycles. The van der Waals surface area contributed by atoms with E-state index in [1.807, 2.05) is 0 Å². The maximum absolute atomic E-state index is 12.4. The lowest BCUT2D eigenvalue weighted by Gasteiger charge is -2.10. The molecule has 0 spiro atoms. The van der Waals surface area contributed by atoms with Crippen LogP contribution in [0.4, 0.5) is 18.9 Å². The van der Waals surface area contributed by atoms with Crippen molar-refractivity contribution in [3.05, 3.63) is 60.1 Å². The van der Waals surface area contributed by atoms with Crippen molar-refractivity contribution in [3.63, 3.8) is 0 Å². The number of aromatic nitrogens is 1. The van der Waals surface area contributed by atoms with E-state index in [2.05, 4.69) is 20.0 Å². The maximum atomic E-state index is 12.4. The van der Waals surface area contributed by atoms with E-state index in [1.165, 1.54) is 43.0 Å². The largest absolute Gasteiger partial charge is 0.573 e. The summed E-state index contributed by atoms with van der Waals surface area (Å²) in [6, 6.07) is 6.27. The van der Waals surface area contributed by atoms with Crippen LogP contribution >= 0.6 is 0 Å². The van der Waals surface area contributed by atoms with E-state index in [0.717, 1.165) is 12.1 Å². The number of halogens is 3. The molecule has 0 fully saturated rings. The number of pyridine rings is 1. The molecule has 4 N–H and O–H groups in total. The molecule has 28 heavy (non-hydrogen) atoms. The number of aliphatic imine (C=N–C) groups is 1. The third-order valence-corrected chi connectivity index (χ3v) is 3.32. The number of aliphatic hydroxyl groups is 1. The van der Waals surface area contributed by atoms with Crippen LogP contribution in [0.1, 0.15) is 15.9 Å². The molecule has 0 radical (unpaired) electrons. The predicted molar refractivity (Wildman–Crippen MR) is 97.9 cm³/mol. The molecule has 0 saturated heterocycles. The Kier molecular flexibility index (Phi) is 7.10. The quantitative estimate of drug-likeness (QED) is 0.626. The summed E-state index contributed by atoms with van der Waals surface area (Å²) in [4.78, 5) is 20.3. The van der Waals surface area contributed by atoms with Gasteiger partial charge in [0, 0.05) is 41.6 Å². The number of amides is 1. The summed E-state index contributed by atoms with van der Waals surface area (Å²) in [5.74, 6) is -0.906. The van der Waals surface area contributed by atoms with Gasteiger partial charge >= 0.3 is 6.36 Å². The molecule has 1 amide bonds. The Balaban J connectivity index is 2.10. The van der Waals surface area contributed by atoms with Crippen molar-refractivity contribution in [2.75, 3.05) is 18.5 Å². The molecule has 2 rings (SSSR count). The van der Waals surface area contributed by atoms with Gasteiger partial charge in [-0.25, -0.2) is 0 Å². The smallest absolute Gasteiger partial charge is 0.406 e. The summed E-state index contributed by atoms with van der Waals surface area (Å²) in [6.07, 6.45) is 0.779. The predicted octanol–water partition coefficient (Wildman–Crippen LogP) is 2.60. The van der Waals surface area contributed by atoms with E-state index in [0.29, 0.717) is 11.1 Å². The van der Waals surface area contributed by atoms with Crippen LogP contribution in [0.15, 0.2) is 53.9 Å². The van der Waals surface area contributed by atoms with Crippen molar-refractivity contribution in [3.8, 4) is 5.75 Å². The molecule has 1 aromatic carbocycles. The average molecular weight is 394 g/mol. The molecular weight excluding hydrogens is 377 g/mol. The normalized spacial score (nSPS) is 12.2. The topological polar surface area (TPSA) is 110 Å². The van der Waals surface area contributed by atoms with Gasteiger partial charge in [-0.15, -0.1) is 13.2 Å². The van der Waals surface area contributed by atoms with E-state index in [1.54, 1.807) is 0 Å². The van der Waals surface area contributed by atoms with Crippen LogP contribution in [0.25, 0.3) is 5.57 Å². The molecule has 0 aliphatic rings. The molecule has 0 aliphatic heterocycles. The lowest BCUT2D eigenvalue weighted by atomic mass is 10.1. The number of ether oxygens (including phenoxy) is 1. The third-order valence-electron chi connectivity index (χ3n) is 3.32. The maximum Gasteiger partial charge on any atom is 0.573 e. The number of nitrogens with two attached hydrogens (primary N) is 1. The molecule has 0 bridgehead atoms. The SMILES string of the molecule is N/C=C(\C=NCCO)c1cncc(C(=O)Nc2ccc(OC(F)(F)F)cc2)c1. The Morgan fingerprint density at radius 3 is 2.54 bits per heavy atom. The summed E-state index contributed by atoms with van der Waals surface area (Å²) in [6.45, 7) is 0.0981. The third kappa shape index (κ3) is 6.40. The number of allylic oxidation sites excluding steroid dienone is 1. The van der Waals surface area contributed by atoms with Crippen molar-refractivity contribution in [1.82, 2.24) is 4.98 Å². The minimum Gasteiger partial charge on any atom is -0.406 e. The van der Waals surface area contributed by atoms with Gasteiger partial charge in [0.15, 0.2) is 0 Å². The van der Waals surface area contributed by atoms with Crippen LogP contribution in [-0.2, 0) is 0 Å². The lowest BCUT2D eigenvalue weighted by Crippen LogP contribution is -2.17. The van der Waals surface area contributed by atoms with E-state index in [4.69, 9.17) is 10.8 Å². The zero-order valence-corrected chi connectivity index (χ0v) is 14.5. The van der Waals surface area contributed by atoms with Gasteiger partial charge in [0.2, 0.25) is 0 Å². The van der Waals surface area contributed by atoms with Gasteiger partial charge in [-0.05, 0) is 30.3 Å². The average Bonchev–Trinajstić information content (AvgIpc) is 2.66. The number of benzene rings is 1. The Morgan fingerprint density at radius 2 is 1.93 bits per heavy atom. The molecule has 1 heterocycles. The lowest BCUT2D eigenvalue weighted by molar-refractivity contribution is -0.274. The van der Waals surface area contributed by atoms with E-state index in [9.17, 15) is 18.0 Å². The van der Waals surface area contributed by atoms with E-state index in [-0.39, 0.29) is 24.4 Å². The fourth-order valence-corrected chi connectivity index (χ4v) is 2.10. The molecule has 0 atom stereocenters. The standard InChI is InChI=1S/C18H17F3N4O3/c19-18(20,21)28-16-3-1-15(2-4-16)25-17(27)13-7-12(9-24-10-13)14(8-22)11-23-5-6-26/h1-4,7-11,26H,5-6,22H2,(H,25,27)/b14-8+,23-11?. The van der Waals surface area contributed by atoms with Crippen LogP contribution in [0.2, 0.25) is 0 Å². The Bertz CT molecular complexity index is 865. The summed E-state index contributed by atoms with van der Waals surface area (Å²) >= 11 is 0. The van der Waals surface area contributed by atoms with Crippen molar-refractivity contribution >= 4 is 23.4 Å². The van der Waals surface area contributed by atoms with E-state index >= 15 is 0 Å². The number of hydrogen-bond donors (Lipinski definition) is 3. The van der Waals surface area contributed by atoms with Crippen LogP contribution in [0.3, 0.4) is 0 Å². The number of rotatable bonds is 7. The van der Waals surface area contributed by atoms with Crippen LogP contribution in [-0.4, -0.2) is 41.7 Å². The molecule has 0 unspecified atom stereocenters. The minimum atomic E-state index is -4.79. The Hall–Kier alpha value is -3.40. The van der Waals surface area contributed by atoms with Crippen molar-refractivity contribution in [1.29, 1.82) is 0 Å². The van der Waals surface area contributed by atoms with Gasteiger partial charge in [-0.1, -0.05) is 0 Å². The summed E-state index contributed by atoms with van der Waals surface area (Å²) < 4.78 is 40.3. The highest BCUT2D eigenvalue weighted by Crippen LogP contribution is 2.24. The van der Waals surface area contributed by atoms with Gasteiger partial charge in [-0.3, -0.25) is 14.8 Å². The van der Waals surface area contributed by atoms with Crippen LogP contribution < -0.4 is 15.8 Å². The first-order valence-electron chi connectivity index (χ1n) is 7.97. The minimum absolute atomic E-state index is 0.109. The van der Waals surface area contributed by atoms with Crippen LogP contribution in [0, 0.1) is 0 Å². The molecule has 10 heteroatoms. The van der Waals surface area contributed by atoms with Crippen molar-refractivity contribution < 1.29 is 27.8 Å². The number of hydrogen-bond acceptors (Lipinski definition) is 6. The van der Waals surface area contributed by atoms with Crippen molar-refractivity contribution in [2.45, 2.75) is 6.36 Å². The molecule has 0 aliphatic carbocycles. The number of alkyl halides is 3. The summed E-state index contributed by atoms with van der Waals surface area (Å²) in [5.41, 5.74) is 7.09. The number of carbonyl (C=O) groups excluding carboxylic acids is 1. The van der Waals surface area contributed by atoms with Gasteiger partial charge < -0.3 is 20.9 Å². The second kappa shape index (κ2) is 9.51. The highest BCUT2D eigenvalue weighted by molar-refractivity contribution is 6.11. The Morgan fingerprint density at radius 1 is 1.25 bits per heavy atom. The summed E-state index contributed by atoms with van der Waals surface area (Å²) in [5, 5.41) is 11.3. The second-order valence-corrected chi connectivity index (χ2v) is 5.37. The number of aliphatic hydroxyl groups excluding tert-OH is 1. The zero-order valence-electron chi connectivity index (χ0n) is 14.5. The van der Waals surface area contributed by atoms with E-state index < -0.39 is 18.0 Å². The fraction of sp³-hybridized carbons (Fsp3) is 0.167. The molecule has 0 saturated carbocycles. The zero-order chi connectivity index (χ0) is 20.6. The molecular formula is C18H17F3N4O3. The molecule has 7 nitrogen and oxygen atoms in total. The fourth-order valence-electron chi connectivity index (χ4n) is 2.10. The number of anilines is 1. The van der Waals surface area contributed by atoms with Gasteiger partial charge in [0.1, 0.15) is 5.75 Å². The highest BCUT2D eigenvalue weighted by atomic mass is 19.4. The first-order valence-corrected chi connectivity index (χ1v) is 7.97. The number of nitrogens with zero attached hydrogens (tertiary/aromatic N) is 2. The van der Waals surface area contributed by atoms with Crippen molar-refractivity contribution in [2.24, 2.45) is 10.7 Å². The van der Waals surface area contributed by atoms with Gasteiger partial charge in [-0.2, -0.15) is 0 Å². The summed E-state index contributed by atoms with van der Waals surface area (Å²) in [7, 11) is 0. The monoisotopic (exact) mass is 394 g/mol. The van der Waals surface area contributed by atoms with Gasteiger partial charge in [0.25, 0.3) is 5.91 Å².